The van der Waals surface area contributed by atoms with Gasteiger partial charge in [0.1, 0.15) is 6.04 Å². The highest BCUT2D eigenvalue weighted by Gasteiger charge is 2.32. The van der Waals surface area contributed by atoms with Crippen LogP contribution >= 0.6 is 27.3 Å². The Morgan fingerprint density at radius 2 is 2.29 bits per heavy atom. The van der Waals surface area contributed by atoms with Crippen molar-refractivity contribution in [2.75, 3.05) is 18.4 Å². The van der Waals surface area contributed by atoms with Gasteiger partial charge in [0.05, 0.1) is 0 Å². The summed E-state index contributed by atoms with van der Waals surface area (Å²) in [4.78, 5) is 15.7. The van der Waals surface area contributed by atoms with Gasteiger partial charge in [-0.25, -0.2) is 4.79 Å². The molecule has 112 valence electrons. The Morgan fingerprint density at radius 1 is 1.38 bits per heavy atom. The van der Waals surface area contributed by atoms with Crippen LogP contribution in [0.4, 0.5) is 4.79 Å². The molecule has 0 unspecified atom stereocenters. The van der Waals surface area contributed by atoms with Crippen molar-refractivity contribution in [2.45, 2.75) is 19.0 Å². The number of urea groups is 1. The Bertz CT molecular complexity index is 596. The number of thiophene rings is 1. The lowest BCUT2D eigenvalue weighted by Crippen LogP contribution is -2.47. The molecule has 3 rings (SSSR count). The molecule has 1 atom stereocenters. The topological polar surface area (TPSA) is 37.3 Å². The van der Waals surface area contributed by atoms with Crippen LogP contribution in [-0.2, 0) is 6.54 Å². The second-order valence-electron chi connectivity index (χ2n) is 5.01. The van der Waals surface area contributed by atoms with E-state index in [4.69, 9.17) is 0 Å². The molecule has 0 aromatic carbocycles. The Hall–Kier alpha value is -1.27. The van der Waals surface area contributed by atoms with Crippen LogP contribution in [0, 0.1) is 0 Å². The molecule has 1 aliphatic rings. The summed E-state index contributed by atoms with van der Waals surface area (Å²) in [5, 5.41) is 6.00. The van der Waals surface area contributed by atoms with Crippen molar-refractivity contribution in [3.8, 4) is 0 Å². The molecule has 1 aliphatic heterocycles. The van der Waals surface area contributed by atoms with Gasteiger partial charge in [0.2, 0.25) is 0 Å². The third kappa shape index (κ3) is 3.01. The third-order valence-electron chi connectivity index (χ3n) is 3.70. The Labute approximate surface area is 136 Å². The highest BCUT2D eigenvalue weighted by Crippen LogP contribution is 2.34. The monoisotopic (exact) mass is 367 g/mol. The zero-order valence-electron chi connectivity index (χ0n) is 11.7. The van der Waals surface area contributed by atoms with E-state index in [1.165, 1.54) is 10.6 Å². The van der Waals surface area contributed by atoms with Crippen LogP contribution in [0.5, 0.6) is 0 Å². The number of rotatable bonds is 4. The van der Waals surface area contributed by atoms with Gasteiger partial charge in [-0.2, -0.15) is 0 Å². The number of aromatic nitrogens is 1. The normalized spacial score (nSPS) is 17.6. The number of amides is 2. The van der Waals surface area contributed by atoms with Crippen molar-refractivity contribution in [3.05, 3.63) is 46.4 Å². The average molecular weight is 368 g/mol. The molecule has 0 aliphatic carbocycles. The molecule has 0 saturated heterocycles. The van der Waals surface area contributed by atoms with Gasteiger partial charge in [-0.05, 0) is 30.0 Å². The smallest absolute Gasteiger partial charge is 0.318 e. The number of carbonyl (C=O) groups is 1. The first-order chi connectivity index (χ1) is 10.3. The zero-order chi connectivity index (χ0) is 14.7. The van der Waals surface area contributed by atoms with E-state index in [9.17, 15) is 4.79 Å². The summed E-state index contributed by atoms with van der Waals surface area (Å²) in [6.45, 7) is 2.30. The Kier molecular flexibility index (Phi) is 4.65. The first kappa shape index (κ1) is 14.7. The molecule has 3 heterocycles. The van der Waals surface area contributed by atoms with Crippen molar-refractivity contribution >= 4 is 33.3 Å². The summed E-state index contributed by atoms with van der Waals surface area (Å²) in [7, 11) is 0. The summed E-state index contributed by atoms with van der Waals surface area (Å²) in [6, 6.07) is 8.38. The van der Waals surface area contributed by atoms with Gasteiger partial charge in [0.25, 0.3) is 0 Å². The van der Waals surface area contributed by atoms with E-state index >= 15 is 0 Å². The largest absolute Gasteiger partial charge is 0.347 e. The van der Waals surface area contributed by atoms with Crippen LogP contribution in [0.2, 0.25) is 0 Å². The van der Waals surface area contributed by atoms with Crippen LogP contribution in [0.3, 0.4) is 0 Å². The van der Waals surface area contributed by atoms with Crippen molar-refractivity contribution < 1.29 is 4.79 Å². The lowest BCUT2D eigenvalue weighted by molar-refractivity contribution is 0.170. The number of fused-ring (bicyclic) bond motifs is 1. The van der Waals surface area contributed by atoms with Gasteiger partial charge in [-0.3, -0.25) is 0 Å². The van der Waals surface area contributed by atoms with Gasteiger partial charge < -0.3 is 14.8 Å². The van der Waals surface area contributed by atoms with E-state index in [0.717, 1.165) is 24.8 Å². The number of halogens is 1. The van der Waals surface area contributed by atoms with Crippen molar-refractivity contribution in [2.24, 2.45) is 0 Å². The van der Waals surface area contributed by atoms with Gasteiger partial charge >= 0.3 is 6.03 Å². The number of nitrogens with one attached hydrogen (secondary N) is 1. The van der Waals surface area contributed by atoms with Crippen LogP contribution in [0.1, 0.15) is 23.0 Å². The SMILES string of the molecule is O=C(NCCCBr)N1CCn2cccc2[C@@H]1c1cccs1. The van der Waals surface area contributed by atoms with Crippen molar-refractivity contribution in [3.63, 3.8) is 0 Å². The predicted octanol–water partition coefficient (Wildman–Crippen LogP) is 3.45. The molecule has 2 aromatic heterocycles. The van der Waals surface area contributed by atoms with E-state index in [1.807, 2.05) is 11.0 Å². The van der Waals surface area contributed by atoms with Gasteiger partial charge in [0, 0.05) is 41.7 Å². The molecule has 21 heavy (non-hydrogen) atoms. The molecule has 0 radical (unpaired) electrons. The third-order valence-corrected chi connectivity index (χ3v) is 5.18. The number of hydrogen-bond acceptors (Lipinski definition) is 2. The fourth-order valence-electron chi connectivity index (χ4n) is 2.71. The fraction of sp³-hybridized carbons (Fsp3) is 0.400. The Balaban J connectivity index is 1.84. The molecule has 6 heteroatoms. The molecule has 0 fully saturated rings. The van der Waals surface area contributed by atoms with E-state index in [1.54, 1.807) is 11.3 Å². The van der Waals surface area contributed by atoms with Gasteiger partial charge in [-0.15, -0.1) is 11.3 Å². The molecular weight excluding hydrogens is 350 g/mol. The lowest BCUT2D eigenvalue weighted by atomic mass is 10.1. The quantitative estimate of drug-likeness (QED) is 0.652. The van der Waals surface area contributed by atoms with Crippen LogP contribution in [0.15, 0.2) is 35.8 Å². The molecule has 1 N–H and O–H groups in total. The first-order valence-corrected chi connectivity index (χ1v) is 9.10. The molecular formula is C15H18BrN3OS. The van der Waals surface area contributed by atoms with E-state index in [2.05, 4.69) is 55.6 Å². The summed E-state index contributed by atoms with van der Waals surface area (Å²) in [5.74, 6) is 0. The maximum absolute atomic E-state index is 12.5. The highest BCUT2D eigenvalue weighted by atomic mass is 79.9. The predicted molar refractivity (Wildman–Crippen MR) is 89.1 cm³/mol. The molecule has 4 nitrogen and oxygen atoms in total. The minimum atomic E-state index is 0.0257. The lowest BCUT2D eigenvalue weighted by Gasteiger charge is -2.36. The van der Waals surface area contributed by atoms with Crippen LogP contribution in [-0.4, -0.2) is 33.9 Å². The Morgan fingerprint density at radius 3 is 3.05 bits per heavy atom. The number of carbonyl (C=O) groups excluding carboxylic acids is 1. The number of nitrogens with zero attached hydrogens (tertiary/aromatic N) is 2. The summed E-state index contributed by atoms with van der Waals surface area (Å²) in [5.41, 5.74) is 1.19. The molecule has 0 spiro atoms. The second-order valence-corrected chi connectivity index (χ2v) is 6.78. The average Bonchev–Trinajstić information content (AvgIpc) is 3.17. The number of alkyl halides is 1. The standard InChI is InChI=1S/C15H18BrN3OS/c16-6-3-7-17-15(20)19-10-9-18-8-1-4-12(18)14(19)13-5-2-11-21-13/h1-2,4-5,8,11,14H,3,6-7,9-10H2,(H,17,20)/t14-/m1/s1. The summed E-state index contributed by atoms with van der Waals surface area (Å²) in [6.07, 6.45) is 3.04. The van der Waals surface area contributed by atoms with Crippen molar-refractivity contribution in [1.29, 1.82) is 0 Å². The first-order valence-electron chi connectivity index (χ1n) is 7.10. The maximum atomic E-state index is 12.5. The van der Waals surface area contributed by atoms with Crippen LogP contribution in [0.25, 0.3) is 0 Å². The zero-order valence-corrected chi connectivity index (χ0v) is 14.1. The fourth-order valence-corrected chi connectivity index (χ4v) is 3.84. The number of hydrogen-bond donors (Lipinski definition) is 1. The summed E-state index contributed by atoms with van der Waals surface area (Å²) >= 11 is 5.09. The second kappa shape index (κ2) is 6.66. The van der Waals surface area contributed by atoms with E-state index < -0.39 is 0 Å². The van der Waals surface area contributed by atoms with Crippen LogP contribution < -0.4 is 5.32 Å². The summed E-state index contributed by atoms with van der Waals surface area (Å²) < 4.78 is 2.24. The van der Waals surface area contributed by atoms with Gasteiger partial charge in [-0.1, -0.05) is 22.0 Å². The maximum Gasteiger partial charge on any atom is 0.318 e. The van der Waals surface area contributed by atoms with Gasteiger partial charge in [0.15, 0.2) is 0 Å². The van der Waals surface area contributed by atoms with E-state index in [0.29, 0.717) is 6.54 Å². The molecule has 0 bridgehead atoms. The highest BCUT2D eigenvalue weighted by molar-refractivity contribution is 9.09. The minimum Gasteiger partial charge on any atom is -0.347 e. The van der Waals surface area contributed by atoms with Crippen molar-refractivity contribution in [1.82, 2.24) is 14.8 Å². The molecule has 2 amide bonds. The van der Waals surface area contributed by atoms with E-state index in [-0.39, 0.29) is 12.1 Å². The minimum absolute atomic E-state index is 0.0257. The molecule has 2 aromatic rings. The molecule has 0 saturated carbocycles.